The topological polar surface area (TPSA) is 63.7 Å². The lowest BCUT2D eigenvalue weighted by Crippen LogP contribution is -2.52. The molecule has 0 radical (unpaired) electrons. The lowest BCUT2D eigenvalue weighted by Gasteiger charge is -2.35. The average Bonchev–Trinajstić information content (AvgIpc) is 2.69. The molecule has 3 rings (SSSR count). The van der Waals surface area contributed by atoms with Gasteiger partial charge in [0.2, 0.25) is 5.91 Å². The van der Waals surface area contributed by atoms with Gasteiger partial charge in [-0.25, -0.2) is 4.79 Å². The van der Waals surface area contributed by atoms with Gasteiger partial charge in [0.15, 0.2) is 0 Å². The van der Waals surface area contributed by atoms with Crippen molar-refractivity contribution in [3.63, 3.8) is 0 Å². The third kappa shape index (κ3) is 3.67. The lowest BCUT2D eigenvalue weighted by molar-refractivity contribution is -0.156. The van der Waals surface area contributed by atoms with E-state index in [-0.39, 0.29) is 31.1 Å². The summed E-state index contributed by atoms with van der Waals surface area (Å²) in [5.74, 6) is -1.30. The number of carbonyl (C=O) groups is 3. The maximum Gasteiger partial charge on any atom is 0.329 e. The molecule has 0 N–H and O–H groups in total. The third-order valence-electron chi connectivity index (χ3n) is 4.70. The first kappa shape index (κ1) is 17.9. The van der Waals surface area contributed by atoms with Crippen LogP contribution in [-0.4, -0.2) is 42.3 Å². The maximum absolute atomic E-state index is 13.4. The van der Waals surface area contributed by atoms with Crippen LogP contribution in [0.1, 0.15) is 29.9 Å². The van der Waals surface area contributed by atoms with Crippen LogP contribution in [0.3, 0.4) is 0 Å². The molecule has 1 aliphatic rings. The van der Waals surface area contributed by atoms with Crippen LogP contribution in [0.2, 0.25) is 0 Å². The minimum Gasteiger partial charge on any atom is -0.467 e. The number of ketones is 1. The van der Waals surface area contributed by atoms with E-state index in [2.05, 4.69) is 0 Å². The molecule has 0 unspecified atom stereocenters. The quantitative estimate of drug-likeness (QED) is 0.794. The number of benzene rings is 2. The predicted molar refractivity (Wildman–Crippen MR) is 96.5 cm³/mol. The molecular weight excluding hydrogens is 330 g/mol. The van der Waals surface area contributed by atoms with E-state index in [4.69, 9.17) is 4.74 Å². The van der Waals surface area contributed by atoms with E-state index in [0.29, 0.717) is 0 Å². The van der Waals surface area contributed by atoms with Crippen LogP contribution >= 0.6 is 0 Å². The zero-order chi connectivity index (χ0) is 18.5. The van der Waals surface area contributed by atoms with E-state index in [1.807, 2.05) is 60.7 Å². The monoisotopic (exact) mass is 351 g/mol. The number of ether oxygens (including phenoxy) is 1. The molecule has 2 aromatic rings. The number of hydrogen-bond acceptors (Lipinski definition) is 4. The van der Waals surface area contributed by atoms with Gasteiger partial charge in [0.25, 0.3) is 0 Å². The van der Waals surface area contributed by atoms with E-state index in [1.165, 1.54) is 12.0 Å². The van der Waals surface area contributed by atoms with Crippen molar-refractivity contribution in [3.8, 4) is 0 Å². The molecule has 1 saturated heterocycles. The Hall–Kier alpha value is -2.95. The van der Waals surface area contributed by atoms with Gasteiger partial charge >= 0.3 is 5.97 Å². The largest absolute Gasteiger partial charge is 0.467 e. The van der Waals surface area contributed by atoms with Gasteiger partial charge in [0, 0.05) is 19.4 Å². The summed E-state index contributed by atoms with van der Waals surface area (Å²) in [7, 11) is 1.27. The van der Waals surface area contributed by atoms with Gasteiger partial charge in [-0.05, 0) is 11.1 Å². The molecule has 1 heterocycles. The Balaban J connectivity index is 1.99. The van der Waals surface area contributed by atoms with Crippen molar-refractivity contribution in [2.24, 2.45) is 0 Å². The van der Waals surface area contributed by atoms with Crippen LogP contribution in [0, 0.1) is 0 Å². The Morgan fingerprint density at radius 2 is 1.54 bits per heavy atom. The number of hydrogen-bond donors (Lipinski definition) is 0. The Labute approximate surface area is 152 Å². The van der Waals surface area contributed by atoms with Gasteiger partial charge in [-0.1, -0.05) is 60.7 Å². The molecule has 0 saturated carbocycles. The second-order valence-corrected chi connectivity index (χ2v) is 6.32. The van der Waals surface area contributed by atoms with Gasteiger partial charge in [-0.15, -0.1) is 0 Å². The SMILES string of the molecule is COC(=O)[C@@H]1CC(=O)CCN1C(=O)C(c1ccccc1)c1ccccc1. The van der Waals surface area contributed by atoms with Crippen molar-refractivity contribution in [2.45, 2.75) is 24.8 Å². The summed E-state index contributed by atoms with van der Waals surface area (Å²) in [4.78, 5) is 38.9. The second-order valence-electron chi connectivity index (χ2n) is 6.32. The fourth-order valence-electron chi connectivity index (χ4n) is 3.37. The van der Waals surface area contributed by atoms with Gasteiger partial charge in [-0.2, -0.15) is 0 Å². The fraction of sp³-hybridized carbons (Fsp3) is 0.286. The molecule has 0 aromatic heterocycles. The van der Waals surface area contributed by atoms with Crippen molar-refractivity contribution in [1.82, 2.24) is 4.90 Å². The smallest absolute Gasteiger partial charge is 0.329 e. The number of nitrogens with zero attached hydrogens (tertiary/aromatic N) is 1. The van der Waals surface area contributed by atoms with E-state index in [0.717, 1.165) is 11.1 Å². The zero-order valence-corrected chi connectivity index (χ0v) is 14.6. The van der Waals surface area contributed by atoms with E-state index in [9.17, 15) is 14.4 Å². The minimum absolute atomic E-state index is 0.00864. The number of piperidine rings is 1. The number of Topliss-reactive ketones (excluding diaryl/α,β-unsaturated/α-hetero) is 1. The first-order valence-electron chi connectivity index (χ1n) is 8.61. The number of carbonyl (C=O) groups excluding carboxylic acids is 3. The Kier molecular flexibility index (Phi) is 5.46. The highest BCUT2D eigenvalue weighted by Gasteiger charge is 2.39. The minimum atomic E-state index is -0.858. The normalized spacial score (nSPS) is 17.2. The predicted octanol–water partition coefficient (Wildman–Crippen LogP) is 2.55. The summed E-state index contributed by atoms with van der Waals surface area (Å²) in [6.07, 6.45) is 0.268. The molecule has 0 aliphatic carbocycles. The van der Waals surface area contributed by atoms with Gasteiger partial charge in [0.1, 0.15) is 11.8 Å². The summed E-state index contributed by atoms with van der Waals surface area (Å²) in [5, 5.41) is 0. The molecule has 1 aliphatic heterocycles. The Bertz CT molecular complexity index is 749. The molecule has 0 bridgehead atoms. The Morgan fingerprint density at radius 3 is 2.04 bits per heavy atom. The number of rotatable bonds is 4. The van der Waals surface area contributed by atoms with Crippen LogP contribution in [-0.2, 0) is 19.1 Å². The third-order valence-corrected chi connectivity index (χ3v) is 4.70. The fourth-order valence-corrected chi connectivity index (χ4v) is 3.37. The molecule has 2 aromatic carbocycles. The first-order chi connectivity index (χ1) is 12.6. The lowest BCUT2D eigenvalue weighted by atomic mass is 9.88. The van der Waals surface area contributed by atoms with Gasteiger partial charge < -0.3 is 9.64 Å². The van der Waals surface area contributed by atoms with Crippen LogP contribution in [0.5, 0.6) is 0 Å². The zero-order valence-electron chi connectivity index (χ0n) is 14.6. The highest BCUT2D eigenvalue weighted by molar-refractivity contribution is 5.95. The summed E-state index contributed by atoms with van der Waals surface area (Å²) in [6, 6.07) is 18.1. The summed E-state index contributed by atoms with van der Waals surface area (Å²) in [5.41, 5.74) is 1.70. The number of methoxy groups -OCH3 is 1. The highest BCUT2D eigenvalue weighted by Crippen LogP contribution is 2.29. The molecule has 0 spiro atoms. The summed E-state index contributed by atoms with van der Waals surface area (Å²) >= 11 is 0. The Morgan fingerprint density at radius 1 is 1.00 bits per heavy atom. The van der Waals surface area contributed by atoms with E-state index in [1.54, 1.807) is 0 Å². The van der Waals surface area contributed by atoms with Crippen molar-refractivity contribution in [2.75, 3.05) is 13.7 Å². The summed E-state index contributed by atoms with van der Waals surface area (Å²) in [6.45, 7) is 0.230. The second kappa shape index (κ2) is 7.95. The maximum atomic E-state index is 13.4. The molecule has 1 fully saturated rings. The standard InChI is InChI=1S/C21H21NO4/c1-26-21(25)18-14-17(23)12-13-22(18)20(24)19(15-8-4-2-5-9-15)16-10-6-3-7-11-16/h2-11,18-19H,12-14H2,1H3/t18-/m0/s1. The molecular formula is C21H21NO4. The van der Waals surface area contributed by atoms with Crippen molar-refractivity contribution in [3.05, 3.63) is 71.8 Å². The van der Waals surface area contributed by atoms with Gasteiger partial charge in [0.05, 0.1) is 13.0 Å². The molecule has 5 heteroatoms. The number of likely N-dealkylation sites (tertiary alicyclic amines) is 1. The van der Waals surface area contributed by atoms with Crippen molar-refractivity contribution >= 4 is 17.7 Å². The number of amides is 1. The van der Waals surface area contributed by atoms with Gasteiger partial charge in [-0.3, -0.25) is 9.59 Å². The molecule has 5 nitrogen and oxygen atoms in total. The molecule has 26 heavy (non-hydrogen) atoms. The van der Waals surface area contributed by atoms with Crippen LogP contribution in [0.25, 0.3) is 0 Å². The van der Waals surface area contributed by atoms with Crippen molar-refractivity contribution < 1.29 is 19.1 Å². The molecule has 1 amide bonds. The van der Waals surface area contributed by atoms with E-state index >= 15 is 0 Å². The van der Waals surface area contributed by atoms with Crippen molar-refractivity contribution in [1.29, 1.82) is 0 Å². The van der Waals surface area contributed by atoms with E-state index < -0.39 is 17.9 Å². The van der Waals surface area contributed by atoms with Crippen LogP contribution in [0.15, 0.2) is 60.7 Å². The summed E-state index contributed by atoms with van der Waals surface area (Å²) < 4.78 is 4.82. The highest BCUT2D eigenvalue weighted by atomic mass is 16.5. The average molecular weight is 351 g/mol. The molecule has 134 valence electrons. The molecule has 1 atom stereocenters. The number of esters is 1. The van der Waals surface area contributed by atoms with Crippen LogP contribution in [0.4, 0.5) is 0 Å². The van der Waals surface area contributed by atoms with Crippen LogP contribution < -0.4 is 0 Å². The first-order valence-corrected chi connectivity index (χ1v) is 8.61.